The fraction of sp³-hybridized carbons (Fsp3) is 0.538. The SMILES string of the molecule is CC(C)NCc1ccc(S(=O)(=O)NC2CC=CC2)o1. The largest absolute Gasteiger partial charge is 0.447 e. The van der Waals surface area contributed by atoms with Gasteiger partial charge in [0.15, 0.2) is 0 Å². The molecular formula is C13H20N2O3S. The van der Waals surface area contributed by atoms with Crippen molar-refractivity contribution in [3.8, 4) is 0 Å². The highest BCUT2D eigenvalue weighted by Crippen LogP contribution is 2.17. The molecule has 0 aromatic carbocycles. The predicted octanol–water partition coefficient (Wildman–Crippen LogP) is 1.77. The summed E-state index contributed by atoms with van der Waals surface area (Å²) < 4.78 is 32.2. The summed E-state index contributed by atoms with van der Waals surface area (Å²) in [4.78, 5) is 0. The third-order valence-corrected chi connectivity index (χ3v) is 4.31. The van der Waals surface area contributed by atoms with E-state index in [0.29, 0.717) is 18.3 Å². The molecule has 0 saturated carbocycles. The van der Waals surface area contributed by atoms with Crippen molar-refractivity contribution in [2.75, 3.05) is 0 Å². The molecule has 106 valence electrons. The second kappa shape index (κ2) is 5.90. The Bertz CT molecular complexity index is 538. The second-order valence-corrected chi connectivity index (χ2v) is 6.66. The molecule has 0 atom stereocenters. The average molecular weight is 284 g/mol. The first-order valence-electron chi connectivity index (χ1n) is 6.47. The summed E-state index contributed by atoms with van der Waals surface area (Å²) in [5, 5.41) is 3.17. The molecule has 1 heterocycles. The molecule has 1 aromatic rings. The van der Waals surface area contributed by atoms with Crippen molar-refractivity contribution in [3.63, 3.8) is 0 Å². The minimum Gasteiger partial charge on any atom is -0.447 e. The van der Waals surface area contributed by atoms with Crippen LogP contribution in [0.2, 0.25) is 0 Å². The maximum absolute atomic E-state index is 12.1. The van der Waals surface area contributed by atoms with E-state index >= 15 is 0 Å². The topological polar surface area (TPSA) is 71.3 Å². The molecule has 6 heteroatoms. The number of hydrogen-bond donors (Lipinski definition) is 2. The van der Waals surface area contributed by atoms with Crippen LogP contribution < -0.4 is 10.0 Å². The summed E-state index contributed by atoms with van der Waals surface area (Å²) in [5.74, 6) is 0.624. The van der Waals surface area contributed by atoms with E-state index in [0.717, 1.165) is 12.8 Å². The van der Waals surface area contributed by atoms with Crippen molar-refractivity contribution in [2.24, 2.45) is 0 Å². The normalized spacial score (nSPS) is 16.6. The molecule has 0 bridgehead atoms. The van der Waals surface area contributed by atoms with Crippen molar-refractivity contribution >= 4 is 10.0 Å². The highest BCUT2D eigenvalue weighted by Gasteiger charge is 2.23. The third-order valence-electron chi connectivity index (χ3n) is 2.92. The molecule has 5 nitrogen and oxygen atoms in total. The zero-order valence-corrected chi connectivity index (χ0v) is 12.0. The highest BCUT2D eigenvalue weighted by atomic mass is 32.2. The third kappa shape index (κ3) is 3.92. The lowest BCUT2D eigenvalue weighted by atomic mass is 10.3. The summed E-state index contributed by atoms with van der Waals surface area (Å²) in [6.45, 7) is 4.57. The molecule has 2 rings (SSSR count). The molecule has 1 aromatic heterocycles. The maximum Gasteiger partial charge on any atom is 0.274 e. The molecule has 0 amide bonds. The number of sulfonamides is 1. The van der Waals surface area contributed by atoms with Crippen LogP contribution in [-0.2, 0) is 16.6 Å². The highest BCUT2D eigenvalue weighted by molar-refractivity contribution is 7.89. The van der Waals surface area contributed by atoms with Crippen molar-refractivity contribution in [3.05, 3.63) is 30.0 Å². The molecule has 0 unspecified atom stereocenters. The van der Waals surface area contributed by atoms with Gasteiger partial charge in [-0.1, -0.05) is 26.0 Å². The van der Waals surface area contributed by atoms with Crippen LogP contribution in [0.15, 0.2) is 33.8 Å². The number of rotatable bonds is 6. The Morgan fingerprint density at radius 3 is 2.63 bits per heavy atom. The molecule has 0 aliphatic heterocycles. The molecule has 0 fully saturated rings. The zero-order valence-electron chi connectivity index (χ0n) is 11.2. The summed E-state index contributed by atoms with van der Waals surface area (Å²) >= 11 is 0. The standard InChI is InChI=1S/C13H20N2O3S/c1-10(2)14-9-12-7-8-13(18-12)19(16,17)15-11-5-3-4-6-11/h3-4,7-8,10-11,14-15H,5-6,9H2,1-2H3. The molecule has 0 radical (unpaired) electrons. The quantitative estimate of drug-likeness (QED) is 0.781. The Morgan fingerprint density at radius 1 is 1.32 bits per heavy atom. The molecule has 0 saturated heterocycles. The zero-order chi connectivity index (χ0) is 13.9. The van der Waals surface area contributed by atoms with E-state index in [-0.39, 0.29) is 11.1 Å². The summed E-state index contributed by atoms with van der Waals surface area (Å²) in [7, 11) is -3.55. The van der Waals surface area contributed by atoms with Crippen LogP contribution >= 0.6 is 0 Å². The first-order chi connectivity index (χ1) is 8.97. The van der Waals surface area contributed by atoms with E-state index in [9.17, 15) is 8.42 Å². The van der Waals surface area contributed by atoms with Gasteiger partial charge in [-0.25, -0.2) is 13.1 Å². The van der Waals surface area contributed by atoms with Crippen LogP contribution in [0.3, 0.4) is 0 Å². The lowest BCUT2D eigenvalue weighted by Gasteiger charge is -2.10. The Labute approximate surface area is 114 Å². The Balaban J connectivity index is 2.00. The molecule has 1 aliphatic rings. The fourth-order valence-electron chi connectivity index (χ4n) is 1.89. The van der Waals surface area contributed by atoms with Gasteiger partial charge < -0.3 is 9.73 Å². The fourth-order valence-corrected chi connectivity index (χ4v) is 3.10. The first-order valence-corrected chi connectivity index (χ1v) is 7.95. The Kier molecular flexibility index (Phi) is 4.44. The number of furan rings is 1. The summed E-state index contributed by atoms with van der Waals surface area (Å²) in [6.07, 6.45) is 5.43. The van der Waals surface area contributed by atoms with Gasteiger partial charge in [-0.3, -0.25) is 0 Å². The van der Waals surface area contributed by atoms with E-state index in [4.69, 9.17) is 4.42 Å². The van der Waals surface area contributed by atoms with E-state index in [2.05, 4.69) is 10.0 Å². The number of hydrogen-bond acceptors (Lipinski definition) is 4. The van der Waals surface area contributed by atoms with E-state index < -0.39 is 10.0 Å². The predicted molar refractivity (Wildman–Crippen MR) is 73.2 cm³/mol. The van der Waals surface area contributed by atoms with Gasteiger partial charge in [-0.15, -0.1) is 0 Å². The lowest BCUT2D eigenvalue weighted by molar-refractivity contribution is 0.391. The van der Waals surface area contributed by atoms with Crippen molar-refractivity contribution in [1.29, 1.82) is 0 Å². The van der Waals surface area contributed by atoms with Gasteiger partial charge in [0.05, 0.1) is 6.54 Å². The summed E-state index contributed by atoms with van der Waals surface area (Å²) in [5.41, 5.74) is 0. The van der Waals surface area contributed by atoms with Crippen molar-refractivity contribution in [1.82, 2.24) is 10.0 Å². The van der Waals surface area contributed by atoms with Gasteiger partial charge in [0.25, 0.3) is 10.0 Å². The van der Waals surface area contributed by atoms with E-state index in [1.54, 1.807) is 6.07 Å². The lowest BCUT2D eigenvalue weighted by Crippen LogP contribution is -2.32. The Morgan fingerprint density at radius 2 is 2.00 bits per heavy atom. The number of nitrogens with one attached hydrogen (secondary N) is 2. The van der Waals surface area contributed by atoms with Crippen LogP contribution in [-0.4, -0.2) is 20.5 Å². The van der Waals surface area contributed by atoms with Gasteiger partial charge in [0, 0.05) is 12.1 Å². The monoisotopic (exact) mass is 284 g/mol. The van der Waals surface area contributed by atoms with Crippen LogP contribution in [0.5, 0.6) is 0 Å². The molecule has 19 heavy (non-hydrogen) atoms. The van der Waals surface area contributed by atoms with Crippen LogP contribution in [0.25, 0.3) is 0 Å². The van der Waals surface area contributed by atoms with Crippen LogP contribution in [0.4, 0.5) is 0 Å². The van der Waals surface area contributed by atoms with Gasteiger partial charge >= 0.3 is 0 Å². The van der Waals surface area contributed by atoms with Gasteiger partial charge in [0.2, 0.25) is 5.09 Å². The molecule has 2 N–H and O–H groups in total. The minimum atomic E-state index is -3.55. The van der Waals surface area contributed by atoms with Gasteiger partial charge in [-0.2, -0.15) is 0 Å². The smallest absolute Gasteiger partial charge is 0.274 e. The van der Waals surface area contributed by atoms with E-state index in [1.807, 2.05) is 26.0 Å². The molecule has 0 spiro atoms. The van der Waals surface area contributed by atoms with Crippen LogP contribution in [0, 0.1) is 0 Å². The van der Waals surface area contributed by atoms with Crippen molar-refractivity contribution < 1.29 is 12.8 Å². The second-order valence-electron chi connectivity index (χ2n) is 5.02. The van der Waals surface area contributed by atoms with E-state index in [1.165, 1.54) is 6.07 Å². The van der Waals surface area contributed by atoms with Crippen LogP contribution in [0.1, 0.15) is 32.4 Å². The summed E-state index contributed by atoms with van der Waals surface area (Å²) in [6, 6.07) is 3.47. The van der Waals surface area contributed by atoms with Gasteiger partial charge in [-0.05, 0) is 25.0 Å². The molecular weight excluding hydrogens is 264 g/mol. The maximum atomic E-state index is 12.1. The molecule has 1 aliphatic carbocycles. The average Bonchev–Trinajstić information content (AvgIpc) is 2.96. The first kappa shape index (κ1) is 14.3. The Hall–Kier alpha value is -1.11. The van der Waals surface area contributed by atoms with Gasteiger partial charge in [0.1, 0.15) is 5.76 Å². The minimum absolute atomic E-state index is 0.0139. The van der Waals surface area contributed by atoms with Crippen molar-refractivity contribution in [2.45, 2.75) is 50.4 Å².